The van der Waals surface area contributed by atoms with Crippen LogP contribution in [0, 0.1) is 0 Å². The second-order valence-electron chi connectivity index (χ2n) is 4.12. The highest BCUT2D eigenvalue weighted by Crippen LogP contribution is 2.39. The van der Waals surface area contributed by atoms with E-state index in [1.54, 1.807) is 0 Å². The van der Waals surface area contributed by atoms with E-state index in [1.807, 2.05) is 11.3 Å². The zero-order chi connectivity index (χ0) is 10.5. The van der Waals surface area contributed by atoms with Gasteiger partial charge in [-0.1, -0.05) is 18.2 Å². The van der Waals surface area contributed by atoms with Crippen molar-refractivity contribution in [3.8, 4) is 10.6 Å². The molecule has 3 heterocycles. The van der Waals surface area contributed by atoms with Crippen molar-refractivity contribution in [1.82, 2.24) is 0 Å². The van der Waals surface area contributed by atoms with Crippen molar-refractivity contribution in [3.05, 3.63) is 54.2 Å². The second kappa shape index (κ2) is 2.92. The van der Waals surface area contributed by atoms with Crippen LogP contribution in [0.4, 0.5) is 0 Å². The fraction of sp³-hybridized carbons (Fsp3) is 0.0714. The molecular formula is C14H10NS+. The highest BCUT2D eigenvalue weighted by molar-refractivity contribution is 7.22. The Kier molecular flexibility index (Phi) is 1.55. The lowest BCUT2D eigenvalue weighted by molar-refractivity contribution is -0.671. The van der Waals surface area contributed by atoms with Gasteiger partial charge in [-0.25, -0.2) is 0 Å². The van der Waals surface area contributed by atoms with Gasteiger partial charge >= 0.3 is 0 Å². The number of rotatable bonds is 0. The van der Waals surface area contributed by atoms with Crippen molar-refractivity contribution >= 4 is 21.4 Å². The van der Waals surface area contributed by atoms with Gasteiger partial charge in [-0.15, -0.1) is 11.3 Å². The molecule has 0 amide bonds. The Morgan fingerprint density at radius 1 is 1.00 bits per heavy atom. The van der Waals surface area contributed by atoms with E-state index in [4.69, 9.17) is 0 Å². The van der Waals surface area contributed by atoms with Crippen molar-refractivity contribution in [1.29, 1.82) is 0 Å². The van der Waals surface area contributed by atoms with Gasteiger partial charge in [0.2, 0.25) is 5.69 Å². The van der Waals surface area contributed by atoms with Crippen LogP contribution in [0.3, 0.4) is 0 Å². The van der Waals surface area contributed by atoms with Crippen molar-refractivity contribution in [2.24, 2.45) is 0 Å². The van der Waals surface area contributed by atoms with Crippen LogP contribution in [0.15, 0.2) is 48.7 Å². The van der Waals surface area contributed by atoms with Crippen molar-refractivity contribution < 1.29 is 4.57 Å². The minimum Gasteiger partial charge on any atom is -0.193 e. The molecule has 0 fully saturated rings. The van der Waals surface area contributed by atoms with Gasteiger partial charge in [-0.3, -0.25) is 0 Å². The molecule has 4 rings (SSSR count). The molecule has 0 atom stereocenters. The molecule has 2 aromatic heterocycles. The van der Waals surface area contributed by atoms with Crippen LogP contribution in [0.1, 0.15) is 5.56 Å². The minimum absolute atomic E-state index is 1.02. The van der Waals surface area contributed by atoms with E-state index >= 15 is 0 Å². The Morgan fingerprint density at radius 3 is 2.88 bits per heavy atom. The number of hydrogen-bond donors (Lipinski definition) is 0. The minimum atomic E-state index is 1.02. The summed E-state index contributed by atoms with van der Waals surface area (Å²) in [5, 5.41) is 1.42. The zero-order valence-electron chi connectivity index (χ0n) is 8.68. The van der Waals surface area contributed by atoms with E-state index in [1.165, 1.54) is 26.2 Å². The van der Waals surface area contributed by atoms with Gasteiger partial charge < -0.3 is 0 Å². The lowest BCUT2D eigenvalue weighted by Crippen LogP contribution is -2.31. The van der Waals surface area contributed by atoms with Crippen LogP contribution < -0.4 is 4.57 Å². The summed E-state index contributed by atoms with van der Waals surface area (Å²) >= 11 is 1.91. The van der Waals surface area contributed by atoms with Crippen molar-refractivity contribution in [2.45, 2.75) is 6.54 Å². The number of thiophene rings is 1. The second-order valence-corrected chi connectivity index (χ2v) is 5.17. The molecule has 16 heavy (non-hydrogen) atoms. The largest absolute Gasteiger partial charge is 0.223 e. The van der Waals surface area contributed by atoms with Gasteiger partial charge in [-0.2, -0.15) is 4.57 Å². The quantitative estimate of drug-likeness (QED) is 0.404. The summed E-state index contributed by atoms with van der Waals surface area (Å²) in [7, 11) is 0. The molecule has 0 saturated heterocycles. The fourth-order valence-electron chi connectivity index (χ4n) is 2.45. The topological polar surface area (TPSA) is 3.88 Å². The van der Waals surface area contributed by atoms with E-state index in [0.29, 0.717) is 0 Å². The summed E-state index contributed by atoms with van der Waals surface area (Å²) in [4.78, 5) is 1.45. The van der Waals surface area contributed by atoms with E-state index in [-0.39, 0.29) is 0 Å². The highest BCUT2D eigenvalue weighted by atomic mass is 32.1. The first-order valence-corrected chi connectivity index (χ1v) is 6.24. The molecule has 1 aliphatic heterocycles. The van der Waals surface area contributed by atoms with Gasteiger partial charge in [0.05, 0.1) is 0 Å². The third-order valence-corrected chi connectivity index (χ3v) is 4.44. The molecule has 1 nitrogen and oxygen atoms in total. The lowest BCUT2D eigenvalue weighted by Gasteiger charge is -1.92. The number of nitrogens with zero attached hydrogens (tertiary/aromatic N) is 1. The normalized spacial score (nSPS) is 12.8. The Balaban J connectivity index is 2.12. The number of pyridine rings is 1. The molecule has 0 saturated carbocycles. The maximum Gasteiger partial charge on any atom is 0.223 e. The first-order chi connectivity index (χ1) is 7.93. The maximum absolute atomic E-state index is 2.33. The highest BCUT2D eigenvalue weighted by Gasteiger charge is 2.29. The monoisotopic (exact) mass is 224 g/mol. The molecule has 1 aromatic carbocycles. The van der Waals surface area contributed by atoms with Crippen molar-refractivity contribution in [3.63, 3.8) is 0 Å². The standard InChI is InChI=1S/C14H10NS/c1-2-7-13-10(5-1)11-9-15-8-4-3-6-12(15)14(11)16-13/h1-8H,9H2/q+1. The van der Waals surface area contributed by atoms with Gasteiger partial charge in [0, 0.05) is 27.8 Å². The third kappa shape index (κ3) is 0.973. The first kappa shape index (κ1) is 8.48. The van der Waals surface area contributed by atoms with Crippen LogP contribution in [-0.2, 0) is 6.54 Å². The smallest absolute Gasteiger partial charge is 0.193 e. The summed E-state index contributed by atoms with van der Waals surface area (Å²) in [5.74, 6) is 0. The molecule has 76 valence electrons. The van der Waals surface area contributed by atoms with E-state index < -0.39 is 0 Å². The molecule has 1 aliphatic rings. The predicted octanol–water partition coefficient (Wildman–Crippen LogP) is 3.22. The van der Waals surface area contributed by atoms with Gasteiger partial charge in [0.1, 0.15) is 4.88 Å². The number of hydrogen-bond acceptors (Lipinski definition) is 1. The lowest BCUT2D eigenvalue weighted by atomic mass is 10.1. The van der Waals surface area contributed by atoms with Crippen LogP contribution in [0.25, 0.3) is 20.7 Å². The average molecular weight is 224 g/mol. The van der Waals surface area contributed by atoms with Crippen LogP contribution in [-0.4, -0.2) is 0 Å². The molecular weight excluding hydrogens is 214 g/mol. The van der Waals surface area contributed by atoms with E-state index in [0.717, 1.165) is 6.54 Å². The molecule has 3 aromatic rings. The summed E-state index contributed by atoms with van der Waals surface area (Å²) < 4.78 is 3.73. The van der Waals surface area contributed by atoms with Gasteiger partial charge in [0.25, 0.3) is 0 Å². The van der Waals surface area contributed by atoms with Gasteiger partial charge in [0.15, 0.2) is 12.7 Å². The average Bonchev–Trinajstić information content (AvgIpc) is 2.85. The molecule has 0 N–H and O–H groups in total. The third-order valence-electron chi connectivity index (χ3n) is 3.20. The zero-order valence-corrected chi connectivity index (χ0v) is 9.50. The van der Waals surface area contributed by atoms with Crippen LogP contribution in [0.2, 0.25) is 0 Å². The molecule has 0 aliphatic carbocycles. The first-order valence-electron chi connectivity index (χ1n) is 5.43. The van der Waals surface area contributed by atoms with Crippen molar-refractivity contribution in [2.75, 3.05) is 0 Å². The van der Waals surface area contributed by atoms with E-state index in [9.17, 15) is 0 Å². The fourth-order valence-corrected chi connectivity index (χ4v) is 3.71. The number of aromatic nitrogens is 1. The SMILES string of the molecule is c1cc[n+]2c(c1)-c1sc3ccccc3c1C2. The summed E-state index contributed by atoms with van der Waals surface area (Å²) in [6.07, 6.45) is 2.16. The Labute approximate surface area is 97.6 Å². The molecule has 0 spiro atoms. The Bertz CT molecular complexity index is 697. The maximum atomic E-state index is 2.33. The molecule has 0 radical (unpaired) electrons. The van der Waals surface area contributed by atoms with E-state index in [2.05, 4.69) is 53.2 Å². The molecule has 2 heteroatoms. The Morgan fingerprint density at radius 2 is 1.88 bits per heavy atom. The summed E-state index contributed by atoms with van der Waals surface area (Å²) in [5.41, 5.74) is 2.85. The number of fused-ring (bicyclic) bond motifs is 5. The van der Waals surface area contributed by atoms with Gasteiger partial charge in [-0.05, 0) is 12.1 Å². The summed E-state index contributed by atoms with van der Waals surface area (Å²) in [6.45, 7) is 1.02. The molecule has 0 unspecified atom stereocenters. The van der Waals surface area contributed by atoms with Crippen LogP contribution in [0.5, 0.6) is 0 Å². The molecule has 0 bridgehead atoms. The number of benzene rings is 1. The summed E-state index contributed by atoms with van der Waals surface area (Å²) in [6, 6.07) is 15.1. The predicted molar refractivity (Wildman–Crippen MR) is 66.6 cm³/mol. The Hall–Kier alpha value is -1.67. The van der Waals surface area contributed by atoms with Crippen LogP contribution >= 0.6 is 11.3 Å².